The molecule has 0 aromatic heterocycles. The van der Waals surface area contributed by atoms with Gasteiger partial charge >= 0.3 is 5.97 Å². The van der Waals surface area contributed by atoms with Crippen molar-refractivity contribution in [1.29, 1.82) is 0 Å². The third-order valence-corrected chi connectivity index (χ3v) is 2.44. The topological polar surface area (TPSA) is 35.5 Å². The second-order valence-corrected chi connectivity index (χ2v) is 3.64. The van der Waals surface area contributed by atoms with Crippen molar-refractivity contribution in [2.75, 3.05) is 13.2 Å². The van der Waals surface area contributed by atoms with E-state index < -0.39 is 0 Å². The number of benzene rings is 1. The summed E-state index contributed by atoms with van der Waals surface area (Å²) in [6.45, 7) is 1.06. The number of carbonyl (C=O) groups is 1. The van der Waals surface area contributed by atoms with Crippen LogP contribution in [0.4, 0.5) is 0 Å². The molecule has 0 bridgehead atoms. The van der Waals surface area contributed by atoms with Crippen LogP contribution in [0.3, 0.4) is 0 Å². The molecule has 1 aliphatic rings. The molecule has 16 heavy (non-hydrogen) atoms. The van der Waals surface area contributed by atoms with Crippen LogP contribution in [-0.2, 0) is 20.7 Å². The van der Waals surface area contributed by atoms with Gasteiger partial charge in [0.05, 0.1) is 25.0 Å². The van der Waals surface area contributed by atoms with E-state index in [9.17, 15) is 4.79 Å². The Labute approximate surface area is 94.7 Å². The van der Waals surface area contributed by atoms with Crippen LogP contribution in [0.1, 0.15) is 12.0 Å². The lowest BCUT2D eigenvalue weighted by Crippen LogP contribution is -1.98. The number of carbonyl (C=O) groups excluding carboxylic acids is 1. The molecule has 0 aliphatic carbocycles. The van der Waals surface area contributed by atoms with E-state index in [1.165, 1.54) is 11.8 Å². The largest absolute Gasteiger partial charge is 0.500 e. The molecular weight excluding hydrogens is 204 g/mol. The molecule has 0 spiro atoms. The maximum absolute atomic E-state index is 11.1. The van der Waals surface area contributed by atoms with Crippen molar-refractivity contribution < 1.29 is 14.3 Å². The first-order valence-corrected chi connectivity index (χ1v) is 5.38. The van der Waals surface area contributed by atoms with Crippen LogP contribution in [0, 0.1) is 0 Å². The lowest BCUT2D eigenvalue weighted by Gasteiger charge is -2.01. The summed E-state index contributed by atoms with van der Waals surface area (Å²) < 4.78 is 10.1. The van der Waals surface area contributed by atoms with Crippen LogP contribution in [0.25, 0.3) is 0 Å². The molecule has 1 aromatic rings. The van der Waals surface area contributed by atoms with Crippen molar-refractivity contribution in [2.45, 2.75) is 12.8 Å². The molecule has 84 valence electrons. The van der Waals surface area contributed by atoms with Gasteiger partial charge in [0, 0.05) is 12.8 Å². The molecule has 0 saturated carbocycles. The van der Waals surface area contributed by atoms with Gasteiger partial charge in [-0.2, -0.15) is 0 Å². The second kappa shape index (κ2) is 5.35. The Balaban J connectivity index is 1.75. The van der Waals surface area contributed by atoms with Crippen molar-refractivity contribution in [2.24, 2.45) is 0 Å². The Morgan fingerprint density at radius 2 is 2.12 bits per heavy atom. The van der Waals surface area contributed by atoms with Gasteiger partial charge < -0.3 is 9.47 Å². The predicted molar refractivity (Wildman–Crippen MR) is 59.8 cm³/mol. The highest BCUT2D eigenvalue weighted by atomic mass is 16.5. The molecule has 0 amide bonds. The van der Waals surface area contributed by atoms with Gasteiger partial charge in [0.2, 0.25) is 0 Å². The third kappa shape index (κ3) is 2.86. The Hall–Kier alpha value is -1.77. The lowest BCUT2D eigenvalue weighted by atomic mass is 10.2. The monoisotopic (exact) mass is 218 g/mol. The van der Waals surface area contributed by atoms with Crippen molar-refractivity contribution in [1.82, 2.24) is 0 Å². The minimum atomic E-state index is -0.250. The molecule has 0 unspecified atom stereocenters. The molecule has 1 fully saturated rings. The quantitative estimate of drug-likeness (QED) is 0.336. The van der Waals surface area contributed by atoms with Crippen LogP contribution in [-0.4, -0.2) is 19.2 Å². The zero-order chi connectivity index (χ0) is 11.2. The fraction of sp³-hybridized carbons (Fsp3) is 0.308. The maximum atomic E-state index is 11.1. The van der Waals surface area contributed by atoms with Crippen molar-refractivity contribution in [3.63, 3.8) is 0 Å². The number of cyclic esters (lactones) is 1. The Kier molecular flexibility index (Phi) is 3.59. The number of hydrogen-bond acceptors (Lipinski definition) is 3. The van der Waals surface area contributed by atoms with Crippen LogP contribution in [0.15, 0.2) is 42.2 Å². The van der Waals surface area contributed by atoms with E-state index in [2.05, 4.69) is 12.1 Å². The second-order valence-electron chi connectivity index (χ2n) is 3.64. The van der Waals surface area contributed by atoms with E-state index in [1.54, 1.807) is 0 Å². The van der Waals surface area contributed by atoms with Crippen molar-refractivity contribution >= 4 is 5.97 Å². The fourth-order valence-corrected chi connectivity index (χ4v) is 1.54. The van der Waals surface area contributed by atoms with Gasteiger partial charge in [0.25, 0.3) is 0 Å². The zero-order valence-electron chi connectivity index (χ0n) is 9.02. The van der Waals surface area contributed by atoms with E-state index in [4.69, 9.17) is 9.47 Å². The fourth-order valence-electron chi connectivity index (χ4n) is 1.54. The summed E-state index contributed by atoms with van der Waals surface area (Å²) in [6, 6.07) is 10.1. The minimum Gasteiger partial charge on any atom is -0.500 e. The zero-order valence-corrected chi connectivity index (χ0v) is 9.02. The van der Waals surface area contributed by atoms with E-state index >= 15 is 0 Å². The van der Waals surface area contributed by atoms with Gasteiger partial charge in [-0.1, -0.05) is 30.3 Å². The standard InChI is InChI=1S/C13H14O3/c14-13-12(7-9-16-13)10-15-8-6-11-4-2-1-3-5-11/h1-5,10H,6-9H2/b12-10+. The number of hydrogen-bond donors (Lipinski definition) is 0. The highest BCUT2D eigenvalue weighted by Crippen LogP contribution is 2.12. The Morgan fingerprint density at radius 3 is 2.81 bits per heavy atom. The molecule has 0 N–H and O–H groups in total. The average molecular weight is 218 g/mol. The molecule has 1 aliphatic heterocycles. The summed E-state index contributed by atoms with van der Waals surface area (Å²) in [5.74, 6) is -0.250. The molecule has 0 radical (unpaired) electrons. The van der Waals surface area contributed by atoms with Crippen LogP contribution in [0.2, 0.25) is 0 Å². The third-order valence-electron chi connectivity index (χ3n) is 2.44. The van der Waals surface area contributed by atoms with Crippen molar-refractivity contribution in [3.05, 3.63) is 47.7 Å². The number of ether oxygens (including phenoxy) is 2. The molecule has 1 saturated heterocycles. The highest BCUT2D eigenvalue weighted by molar-refractivity contribution is 5.89. The molecule has 1 heterocycles. The first-order valence-electron chi connectivity index (χ1n) is 5.38. The first-order chi connectivity index (χ1) is 7.86. The van der Waals surface area contributed by atoms with Crippen LogP contribution < -0.4 is 0 Å². The summed E-state index contributed by atoms with van der Waals surface area (Å²) in [5, 5.41) is 0. The van der Waals surface area contributed by atoms with E-state index in [-0.39, 0.29) is 5.97 Å². The van der Waals surface area contributed by atoms with Gasteiger partial charge in [-0.15, -0.1) is 0 Å². The summed E-state index contributed by atoms with van der Waals surface area (Å²) in [5.41, 5.74) is 1.86. The number of rotatable bonds is 4. The van der Waals surface area contributed by atoms with Gasteiger partial charge in [-0.05, 0) is 5.56 Å². The van der Waals surface area contributed by atoms with Gasteiger partial charge in [0.15, 0.2) is 0 Å². The molecule has 0 atom stereocenters. The van der Waals surface area contributed by atoms with Gasteiger partial charge in [0.1, 0.15) is 0 Å². The smallest absolute Gasteiger partial charge is 0.337 e. The van der Waals surface area contributed by atoms with E-state index in [1.807, 2.05) is 18.2 Å². The molecule has 3 nitrogen and oxygen atoms in total. The van der Waals surface area contributed by atoms with E-state index in [0.29, 0.717) is 25.2 Å². The lowest BCUT2D eigenvalue weighted by molar-refractivity contribution is -0.135. The Morgan fingerprint density at radius 1 is 1.31 bits per heavy atom. The molecule has 2 rings (SSSR count). The number of esters is 1. The first kappa shape index (κ1) is 10.7. The minimum absolute atomic E-state index is 0.250. The maximum Gasteiger partial charge on any atom is 0.337 e. The summed E-state index contributed by atoms with van der Waals surface area (Å²) in [7, 11) is 0. The SMILES string of the molecule is O=C1OCC/C1=C\OCCc1ccccc1. The predicted octanol–water partition coefficient (Wildman–Crippen LogP) is 2.08. The van der Waals surface area contributed by atoms with Gasteiger partial charge in [-0.25, -0.2) is 4.79 Å². The van der Waals surface area contributed by atoms with Crippen molar-refractivity contribution in [3.8, 4) is 0 Å². The highest BCUT2D eigenvalue weighted by Gasteiger charge is 2.18. The van der Waals surface area contributed by atoms with Crippen LogP contribution >= 0.6 is 0 Å². The summed E-state index contributed by atoms with van der Waals surface area (Å²) >= 11 is 0. The van der Waals surface area contributed by atoms with Crippen LogP contribution in [0.5, 0.6) is 0 Å². The Bertz CT molecular complexity index is 381. The van der Waals surface area contributed by atoms with Gasteiger partial charge in [-0.3, -0.25) is 0 Å². The summed E-state index contributed by atoms with van der Waals surface area (Å²) in [6.07, 6.45) is 3.03. The normalized spacial score (nSPS) is 17.5. The average Bonchev–Trinajstić information content (AvgIpc) is 2.72. The molecule has 1 aromatic carbocycles. The molecular formula is C13H14O3. The summed E-state index contributed by atoms with van der Waals surface area (Å²) in [4.78, 5) is 11.1. The molecule has 3 heteroatoms. The van der Waals surface area contributed by atoms with E-state index in [0.717, 1.165) is 6.42 Å².